The predicted octanol–water partition coefficient (Wildman–Crippen LogP) is 0.245. The molecule has 0 amide bonds. The van der Waals surface area contributed by atoms with Gasteiger partial charge in [-0.15, -0.1) is 11.3 Å². The van der Waals surface area contributed by atoms with Crippen molar-refractivity contribution in [3.05, 3.63) is 11.2 Å². The zero-order valence-corrected chi connectivity index (χ0v) is 4.83. The molecule has 2 radical (unpaired) electrons. The van der Waals surface area contributed by atoms with E-state index in [2.05, 4.69) is 4.98 Å². The van der Waals surface area contributed by atoms with Crippen LogP contribution in [0.4, 0.5) is 0 Å². The molecule has 0 N–H and O–H groups in total. The summed E-state index contributed by atoms with van der Waals surface area (Å²) in [7, 11) is 5.33. The Morgan fingerprint density at radius 3 is 2.71 bits per heavy atom. The summed E-state index contributed by atoms with van der Waals surface area (Å²) in [5.74, 6) is 0. The molecule has 1 rings (SSSR count). The van der Waals surface area contributed by atoms with Gasteiger partial charge in [0.25, 0.3) is 0 Å². The summed E-state index contributed by atoms with van der Waals surface area (Å²) in [4.78, 5) is 3.91. The molecule has 3 heteroatoms. The highest BCUT2D eigenvalue weighted by Crippen LogP contribution is 1.94. The maximum Gasteiger partial charge on any atom is 0.131 e. The van der Waals surface area contributed by atoms with Gasteiger partial charge in [0, 0.05) is 6.20 Å². The number of aryl methyl sites for hydroxylation is 1. The number of rotatable bonds is 0. The SMILES string of the molecule is [B]c1cnc(C)s1. The summed E-state index contributed by atoms with van der Waals surface area (Å²) in [5.41, 5.74) is 0. The Morgan fingerprint density at radius 1 is 1.86 bits per heavy atom. The Balaban J connectivity index is 3.04. The van der Waals surface area contributed by atoms with Crippen LogP contribution in [-0.4, -0.2) is 12.8 Å². The normalized spacial score (nSPS) is 9.29. The topological polar surface area (TPSA) is 12.9 Å². The molecule has 34 valence electrons. The van der Waals surface area contributed by atoms with E-state index in [0.29, 0.717) is 0 Å². The van der Waals surface area contributed by atoms with Crippen molar-refractivity contribution in [1.82, 2.24) is 4.98 Å². The number of hydrogen-bond donors (Lipinski definition) is 0. The van der Waals surface area contributed by atoms with Gasteiger partial charge in [-0.25, -0.2) is 0 Å². The maximum absolute atomic E-state index is 5.33. The van der Waals surface area contributed by atoms with E-state index in [4.69, 9.17) is 7.85 Å². The molecule has 7 heavy (non-hydrogen) atoms. The predicted molar refractivity (Wildman–Crippen MR) is 32.2 cm³/mol. The van der Waals surface area contributed by atoms with Crippen LogP contribution in [0, 0.1) is 6.92 Å². The molecule has 0 saturated heterocycles. The molecule has 0 aliphatic rings. The monoisotopic (exact) mass is 109 g/mol. The highest BCUT2D eigenvalue weighted by atomic mass is 32.1. The first kappa shape index (κ1) is 4.84. The van der Waals surface area contributed by atoms with Gasteiger partial charge in [0.15, 0.2) is 0 Å². The van der Waals surface area contributed by atoms with E-state index in [0.717, 1.165) is 9.78 Å². The number of aromatic nitrogens is 1. The first-order valence-electron chi connectivity index (χ1n) is 1.97. The first-order valence-corrected chi connectivity index (χ1v) is 2.78. The molecule has 1 nitrogen and oxygen atoms in total. The second-order valence-corrected chi connectivity index (χ2v) is 2.55. The van der Waals surface area contributed by atoms with E-state index in [1.807, 2.05) is 6.92 Å². The van der Waals surface area contributed by atoms with Gasteiger partial charge in [-0.1, -0.05) is 0 Å². The summed E-state index contributed by atoms with van der Waals surface area (Å²) < 4.78 is 0.789. The Hall–Kier alpha value is -0.305. The number of thiazole rings is 1. The molecule has 1 aromatic rings. The van der Waals surface area contributed by atoms with E-state index >= 15 is 0 Å². The van der Waals surface area contributed by atoms with E-state index in [1.54, 1.807) is 6.20 Å². The van der Waals surface area contributed by atoms with E-state index in [9.17, 15) is 0 Å². The first-order chi connectivity index (χ1) is 3.29. The highest BCUT2D eigenvalue weighted by molar-refractivity contribution is 7.19. The second kappa shape index (κ2) is 1.66. The van der Waals surface area contributed by atoms with E-state index in [1.165, 1.54) is 11.3 Å². The fraction of sp³-hybridized carbons (Fsp3) is 0.250. The van der Waals surface area contributed by atoms with Gasteiger partial charge in [-0.2, -0.15) is 0 Å². The van der Waals surface area contributed by atoms with Crippen molar-refractivity contribution in [1.29, 1.82) is 0 Å². The number of nitrogens with zero attached hydrogens (tertiary/aromatic N) is 1. The Bertz CT molecular complexity index is 144. The van der Waals surface area contributed by atoms with Gasteiger partial charge >= 0.3 is 0 Å². The largest absolute Gasteiger partial charge is 0.251 e. The summed E-state index contributed by atoms with van der Waals surface area (Å²) in [5, 5.41) is 1.03. The highest BCUT2D eigenvalue weighted by Gasteiger charge is 1.85. The third kappa shape index (κ3) is 1.03. The standard InChI is InChI=1S/C4H4BNS/c1-3-6-2-4(5)7-3/h2H,1H3. The lowest BCUT2D eigenvalue weighted by Crippen LogP contribution is -1.89. The van der Waals surface area contributed by atoms with Crippen LogP contribution in [-0.2, 0) is 0 Å². The molecule has 0 unspecified atom stereocenters. The Labute approximate surface area is 47.8 Å². The van der Waals surface area contributed by atoms with Crippen LogP contribution in [0.2, 0.25) is 0 Å². The van der Waals surface area contributed by atoms with E-state index in [-0.39, 0.29) is 0 Å². The van der Waals surface area contributed by atoms with Crippen LogP contribution < -0.4 is 4.78 Å². The minimum absolute atomic E-state index is 0.789. The molecule has 1 heterocycles. The second-order valence-electron chi connectivity index (χ2n) is 1.28. The van der Waals surface area contributed by atoms with Gasteiger partial charge in [0.05, 0.1) is 5.01 Å². The fourth-order valence-electron chi connectivity index (χ4n) is 0.378. The Morgan fingerprint density at radius 2 is 2.57 bits per heavy atom. The van der Waals surface area contributed by atoms with Crippen LogP contribution in [0.5, 0.6) is 0 Å². The lowest BCUT2D eigenvalue weighted by Gasteiger charge is -1.68. The summed E-state index contributed by atoms with van der Waals surface area (Å²) >= 11 is 1.51. The summed E-state index contributed by atoms with van der Waals surface area (Å²) in [6.45, 7) is 1.93. The molecular formula is C4H4BNS. The zero-order valence-electron chi connectivity index (χ0n) is 4.01. The quantitative estimate of drug-likeness (QED) is 0.435. The van der Waals surface area contributed by atoms with Crippen LogP contribution in [0.1, 0.15) is 5.01 Å². The van der Waals surface area contributed by atoms with Crippen molar-refractivity contribution < 1.29 is 0 Å². The minimum atomic E-state index is 0.789. The summed E-state index contributed by atoms with van der Waals surface area (Å²) in [6.07, 6.45) is 1.67. The van der Waals surface area contributed by atoms with Crippen molar-refractivity contribution in [3.8, 4) is 0 Å². The van der Waals surface area contributed by atoms with E-state index < -0.39 is 0 Å². The van der Waals surface area contributed by atoms with Gasteiger partial charge in [-0.3, -0.25) is 4.98 Å². The van der Waals surface area contributed by atoms with Gasteiger partial charge < -0.3 is 0 Å². The lowest BCUT2D eigenvalue weighted by atomic mass is 10.1. The smallest absolute Gasteiger partial charge is 0.131 e. The zero-order chi connectivity index (χ0) is 5.28. The number of hydrogen-bond acceptors (Lipinski definition) is 2. The van der Waals surface area contributed by atoms with Crippen molar-refractivity contribution in [2.45, 2.75) is 6.92 Å². The van der Waals surface area contributed by atoms with Crippen molar-refractivity contribution in [3.63, 3.8) is 0 Å². The molecular weight excluding hydrogens is 105 g/mol. The minimum Gasteiger partial charge on any atom is -0.251 e. The maximum atomic E-state index is 5.33. The molecule has 0 atom stereocenters. The molecule has 0 aliphatic carbocycles. The van der Waals surface area contributed by atoms with Gasteiger partial charge in [0.2, 0.25) is 0 Å². The van der Waals surface area contributed by atoms with Crippen molar-refractivity contribution in [2.24, 2.45) is 0 Å². The molecule has 0 bridgehead atoms. The van der Waals surface area contributed by atoms with Crippen LogP contribution >= 0.6 is 11.3 Å². The Kier molecular flexibility index (Phi) is 1.15. The van der Waals surface area contributed by atoms with Crippen molar-refractivity contribution >= 4 is 24.0 Å². The van der Waals surface area contributed by atoms with Gasteiger partial charge in [-0.05, 0) is 11.7 Å². The van der Waals surface area contributed by atoms with Crippen LogP contribution in [0.15, 0.2) is 6.20 Å². The average molecular weight is 109 g/mol. The molecule has 0 saturated carbocycles. The third-order valence-corrected chi connectivity index (χ3v) is 1.38. The van der Waals surface area contributed by atoms with Gasteiger partial charge in [0.1, 0.15) is 7.85 Å². The van der Waals surface area contributed by atoms with Crippen LogP contribution in [0.25, 0.3) is 0 Å². The molecule has 0 fully saturated rings. The average Bonchev–Trinajstić information content (AvgIpc) is 1.87. The lowest BCUT2D eigenvalue weighted by molar-refractivity contribution is 1.30. The molecule has 0 aromatic carbocycles. The fourth-order valence-corrected chi connectivity index (χ4v) is 0.930. The molecule has 0 aliphatic heterocycles. The van der Waals surface area contributed by atoms with Crippen molar-refractivity contribution in [2.75, 3.05) is 0 Å². The molecule has 0 spiro atoms. The third-order valence-electron chi connectivity index (χ3n) is 0.639. The summed E-state index contributed by atoms with van der Waals surface area (Å²) in [6, 6.07) is 0. The molecule has 1 aromatic heterocycles. The van der Waals surface area contributed by atoms with Crippen LogP contribution in [0.3, 0.4) is 0 Å².